The molecular weight excluding hydrogens is 254 g/mol. The van der Waals surface area contributed by atoms with Gasteiger partial charge in [-0.05, 0) is 31.4 Å². The predicted octanol–water partition coefficient (Wildman–Crippen LogP) is 1.64. The van der Waals surface area contributed by atoms with Gasteiger partial charge in [-0.1, -0.05) is 29.4 Å². The van der Waals surface area contributed by atoms with E-state index in [1.807, 2.05) is 24.3 Å². The van der Waals surface area contributed by atoms with Crippen molar-refractivity contribution in [3.8, 4) is 0 Å². The predicted molar refractivity (Wildman–Crippen MR) is 78.8 cm³/mol. The van der Waals surface area contributed by atoms with Crippen molar-refractivity contribution < 1.29 is 9.94 Å². The van der Waals surface area contributed by atoms with Crippen LogP contribution in [0.4, 0.5) is 0 Å². The molecule has 1 fully saturated rings. The Hall–Kier alpha value is -1.59. The molecule has 1 atom stereocenters. The van der Waals surface area contributed by atoms with Crippen molar-refractivity contribution >= 4 is 5.84 Å². The van der Waals surface area contributed by atoms with Crippen LogP contribution in [-0.2, 0) is 11.3 Å². The lowest BCUT2D eigenvalue weighted by atomic mass is 10.0. The molecule has 1 aromatic rings. The van der Waals surface area contributed by atoms with Crippen molar-refractivity contribution in [3.05, 3.63) is 35.4 Å². The summed E-state index contributed by atoms with van der Waals surface area (Å²) in [7, 11) is 2.09. The molecule has 1 saturated heterocycles. The van der Waals surface area contributed by atoms with E-state index in [4.69, 9.17) is 15.7 Å². The first kappa shape index (κ1) is 14.8. The minimum Gasteiger partial charge on any atom is -0.409 e. The Kier molecular flexibility index (Phi) is 5.38. The Morgan fingerprint density at radius 1 is 1.50 bits per heavy atom. The molecule has 3 N–H and O–H groups in total. The number of amidine groups is 1. The van der Waals surface area contributed by atoms with Crippen molar-refractivity contribution in [1.29, 1.82) is 0 Å². The van der Waals surface area contributed by atoms with Gasteiger partial charge in [0.2, 0.25) is 0 Å². The van der Waals surface area contributed by atoms with Gasteiger partial charge in [-0.2, -0.15) is 0 Å². The molecule has 0 saturated carbocycles. The number of ether oxygens (including phenoxy) is 1. The minimum absolute atomic E-state index is 0.162. The van der Waals surface area contributed by atoms with Gasteiger partial charge in [-0.15, -0.1) is 0 Å². The third-order valence-electron chi connectivity index (χ3n) is 3.67. The highest BCUT2D eigenvalue weighted by Gasteiger charge is 2.17. The van der Waals surface area contributed by atoms with Crippen LogP contribution in [-0.4, -0.2) is 42.7 Å². The molecule has 2 rings (SSSR count). The Balaban J connectivity index is 1.98. The van der Waals surface area contributed by atoms with Crippen molar-refractivity contribution in [1.82, 2.24) is 4.90 Å². The average Bonchev–Trinajstić information content (AvgIpc) is 2.48. The second-order valence-corrected chi connectivity index (χ2v) is 5.42. The van der Waals surface area contributed by atoms with Crippen LogP contribution < -0.4 is 5.73 Å². The summed E-state index contributed by atoms with van der Waals surface area (Å²) in [6.07, 6.45) is 2.38. The number of rotatable bonds is 5. The topological polar surface area (TPSA) is 71.1 Å². The van der Waals surface area contributed by atoms with E-state index in [-0.39, 0.29) is 5.84 Å². The summed E-state index contributed by atoms with van der Waals surface area (Å²) >= 11 is 0. The second kappa shape index (κ2) is 7.26. The highest BCUT2D eigenvalue weighted by Crippen LogP contribution is 2.17. The van der Waals surface area contributed by atoms with Gasteiger partial charge in [0.1, 0.15) is 0 Å². The number of benzene rings is 1. The highest BCUT2D eigenvalue weighted by atomic mass is 16.5. The fraction of sp³-hybridized carbons (Fsp3) is 0.533. The molecule has 1 aliphatic rings. The van der Waals surface area contributed by atoms with E-state index >= 15 is 0 Å². The molecular formula is C15H23N3O2. The van der Waals surface area contributed by atoms with Crippen LogP contribution in [0.15, 0.2) is 29.4 Å². The molecule has 5 nitrogen and oxygen atoms in total. The largest absolute Gasteiger partial charge is 0.409 e. The van der Waals surface area contributed by atoms with Gasteiger partial charge in [0.15, 0.2) is 5.84 Å². The number of hydrogen-bond acceptors (Lipinski definition) is 4. The van der Waals surface area contributed by atoms with E-state index in [2.05, 4.69) is 17.1 Å². The first-order valence-corrected chi connectivity index (χ1v) is 7.02. The van der Waals surface area contributed by atoms with Crippen LogP contribution in [0.1, 0.15) is 24.0 Å². The molecule has 20 heavy (non-hydrogen) atoms. The quantitative estimate of drug-likeness (QED) is 0.371. The van der Waals surface area contributed by atoms with Crippen LogP contribution in [0.2, 0.25) is 0 Å². The summed E-state index contributed by atoms with van der Waals surface area (Å²) in [6.45, 7) is 3.53. The zero-order valence-corrected chi connectivity index (χ0v) is 12.0. The van der Waals surface area contributed by atoms with Gasteiger partial charge >= 0.3 is 0 Å². The fourth-order valence-electron chi connectivity index (χ4n) is 2.71. The second-order valence-electron chi connectivity index (χ2n) is 5.42. The molecule has 0 aromatic heterocycles. The number of hydrogen-bond donors (Lipinski definition) is 2. The molecule has 0 spiro atoms. The summed E-state index contributed by atoms with van der Waals surface area (Å²) in [5.41, 5.74) is 7.58. The van der Waals surface area contributed by atoms with Crippen molar-refractivity contribution in [2.24, 2.45) is 16.8 Å². The van der Waals surface area contributed by atoms with Crippen LogP contribution >= 0.6 is 0 Å². The molecule has 1 aliphatic heterocycles. The molecule has 0 amide bonds. The Morgan fingerprint density at radius 2 is 2.30 bits per heavy atom. The van der Waals surface area contributed by atoms with Crippen LogP contribution in [0, 0.1) is 5.92 Å². The minimum atomic E-state index is 0.162. The van der Waals surface area contributed by atoms with Gasteiger partial charge in [-0.3, -0.25) is 0 Å². The Bertz CT molecular complexity index is 456. The molecule has 1 aromatic carbocycles. The third kappa shape index (κ3) is 3.95. The standard InChI is InChI=1S/C15H23N3O2/c1-18(9-12-5-4-8-20-11-12)10-13-6-2-3-7-14(13)15(16)17-19/h2-3,6-7,12,19H,4-5,8-11H2,1H3,(H2,16,17). The first-order chi connectivity index (χ1) is 9.70. The van der Waals surface area contributed by atoms with Gasteiger partial charge < -0.3 is 20.6 Å². The fourth-order valence-corrected chi connectivity index (χ4v) is 2.71. The smallest absolute Gasteiger partial charge is 0.170 e. The van der Waals surface area contributed by atoms with Gasteiger partial charge in [0, 0.05) is 25.3 Å². The van der Waals surface area contributed by atoms with Gasteiger partial charge in [-0.25, -0.2) is 0 Å². The van der Waals surface area contributed by atoms with Gasteiger partial charge in [0.25, 0.3) is 0 Å². The van der Waals surface area contributed by atoms with Crippen LogP contribution in [0.3, 0.4) is 0 Å². The summed E-state index contributed by atoms with van der Waals surface area (Å²) < 4.78 is 5.51. The van der Waals surface area contributed by atoms with Crippen molar-refractivity contribution in [2.45, 2.75) is 19.4 Å². The van der Waals surface area contributed by atoms with E-state index in [0.29, 0.717) is 5.92 Å². The van der Waals surface area contributed by atoms with E-state index in [1.54, 1.807) is 0 Å². The zero-order valence-electron chi connectivity index (χ0n) is 12.0. The summed E-state index contributed by atoms with van der Waals surface area (Å²) in [5, 5.41) is 11.9. The normalized spacial score (nSPS) is 20.3. The van der Waals surface area contributed by atoms with E-state index in [1.165, 1.54) is 6.42 Å². The average molecular weight is 277 g/mol. The van der Waals surface area contributed by atoms with Crippen LogP contribution in [0.5, 0.6) is 0 Å². The molecule has 5 heteroatoms. The molecule has 0 bridgehead atoms. The lowest BCUT2D eigenvalue weighted by Gasteiger charge is -2.27. The Labute approximate surface area is 120 Å². The monoisotopic (exact) mass is 277 g/mol. The van der Waals surface area contributed by atoms with Crippen molar-refractivity contribution in [3.63, 3.8) is 0 Å². The molecule has 0 aliphatic carbocycles. The maximum Gasteiger partial charge on any atom is 0.170 e. The molecule has 110 valence electrons. The van der Waals surface area contributed by atoms with Gasteiger partial charge in [0.05, 0.1) is 6.61 Å². The number of oxime groups is 1. The van der Waals surface area contributed by atoms with E-state index in [9.17, 15) is 0 Å². The molecule has 0 radical (unpaired) electrons. The highest BCUT2D eigenvalue weighted by molar-refractivity contribution is 5.98. The molecule has 1 unspecified atom stereocenters. The van der Waals surface area contributed by atoms with Crippen molar-refractivity contribution in [2.75, 3.05) is 26.8 Å². The summed E-state index contributed by atoms with van der Waals surface area (Å²) in [5.74, 6) is 0.764. The Morgan fingerprint density at radius 3 is 3.00 bits per heavy atom. The summed E-state index contributed by atoms with van der Waals surface area (Å²) in [6, 6.07) is 7.76. The SMILES string of the molecule is CN(Cc1ccccc1C(N)=NO)CC1CCCOC1. The third-order valence-corrected chi connectivity index (χ3v) is 3.67. The summed E-state index contributed by atoms with van der Waals surface area (Å²) in [4.78, 5) is 2.27. The maximum atomic E-state index is 8.84. The lowest BCUT2D eigenvalue weighted by Crippen LogP contribution is -2.31. The number of nitrogens with two attached hydrogens (primary N) is 1. The zero-order chi connectivity index (χ0) is 14.4. The van der Waals surface area contributed by atoms with Crippen LogP contribution in [0.25, 0.3) is 0 Å². The maximum absolute atomic E-state index is 8.84. The lowest BCUT2D eigenvalue weighted by molar-refractivity contribution is 0.0411. The van der Waals surface area contributed by atoms with E-state index in [0.717, 1.165) is 43.9 Å². The van der Waals surface area contributed by atoms with E-state index < -0.39 is 0 Å². The molecule has 1 heterocycles. The first-order valence-electron chi connectivity index (χ1n) is 7.02. The number of nitrogens with zero attached hydrogens (tertiary/aromatic N) is 2.